The quantitative estimate of drug-likeness (QED) is 0.517. The Hall–Kier alpha value is -3.29. The van der Waals surface area contributed by atoms with Crippen LogP contribution in [-0.2, 0) is 0 Å². The maximum absolute atomic E-state index is 10.6. The third-order valence-corrected chi connectivity index (χ3v) is 2.93. The summed E-state index contributed by atoms with van der Waals surface area (Å²) < 4.78 is 0. The van der Waals surface area contributed by atoms with E-state index in [4.69, 9.17) is 0 Å². The van der Waals surface area contributed by atoms with Crippen LogP contribution in [0, 0.1) is 20.2 Å². The van der Waals surface area contributed by atoms with Gasteiger partial charge in [0.1, 0.15) is 0 Å². The van der Waals surface area contributed by atoms with Crippen molar-refractivity contribution in [3.8, 4) is 0 Å². The van der Waals surface area contributed by atoms with Crippen LogP contribution in [0.3, 0.4) is 0 Å². The Balaban J connectivity index is 2.08. The average Bonchev–Trinajstić information content (AvgIpc) is 2.53. The Morgan fingerprint density at radius 1 is 0.909 bits per heavy atom. The second-order valence-corrected chi connectivity index (χ2v) is 4.42. The highest BCUT2D eigenvalue weighted by atomic mass is 16.6. The number of nitrogens with one attached hydrogen (secondary N) is 1. The first-order valence-electron chi connectivity index (χ1n) is 6.27. The Bertz CT molecular complexity index is 724. The van der Waals surface area contributed by atoms with E-state index in [1.165, 1.54) is 24.3 Å². The van der Waals surface area contributed by atoms with Crippen molar-refractivity contribution in [2.45, 2.75) is 6.92 Å². The number of rotatable bonds is 5. The summed E-state index contributed by atoms with van der Waals surface area (Å²) in [6.45, 7) is 1.75. The van der Waals surface area contributed by atoms with E-state index in [1.54, 1.807) is 31.2 Å². The predicted octanol–water partition coefficient (Wildman–Crippen LogP) is 3.34. The summed E-state index contributed by atoms with van der Waals surface area (Å²) in [5.74, 6) is 0. The van der Waals surface area contributed by atoms with Gasteiger partial charge in [-0.3, -0.25) is 25.7 Å². The van der Waals surface area contributed by atoms with Gasteiger partial charge in [-0.05, 0) is 36.8 Å². The van der Waals surface area contributed by atoms with Gasteiger partial charge in [0.05, 0.1) is 21.2 Å². The first-order valence-corrected chi connectivity index (χ1v) is 6.27. The molecule has 0 aliphatic heterocycles. The maximum atomic E-state index is 10.6. The molecule has 0 saturated carbocycles. The van der Waals surface area contributed by atoms with E-state index in [2.05, 4.69) is 10.5 Å². The minimum atomic E-state index is -0.477. The van der Waals surface area contributed by atoms with Crippen LogP contribution in [-0.4, -0.2) is 15.6 Å². The van der Waals surface area contributed by atoms with Crippen molar-refractivity contribution in [2.24, 2.45) is 5.10 Å². The van der Waals surface area contributed by atoms with Crippen LogP contribution in [0.15, 0.2) is 53.6 Å². The molecule has 0 heterocycles. The number of anilines is 1. The summed E-state index contributed by atoms with van der Waals surface area (Å²) in [4.78, 5) is 20.2. The lowest BCUT2D eigenvalue weighted by Gasteiger charge is -2.03. The summed E-state index contributed by atoms with van der Waals surface area (Å²) in [6.07, 6.45) is 0. The van der Waals surface area contributed by atoms with Crippen LogP contribution >= 0.6 is 0 Å². The minimum absolute atomic E-state index is 0.00150. The van der Waals surface area contributed by atoms with Gasteiger partial charge in [-0.15, -0.1) is 0 Å². The van der Waals surface area contributed by atoms with E-state index < -0.39 is 9.85 Å². The predicted molar refractivity (Wildman–Crippen MR) is 82.0 cm³/mol. The second kappa shape index (κ2) is 6.44. The molecule has 2 rings (SSSR count). The van der Waals surface area contributed by atoms with E-state index >= 15 is 0 Å². The van der Waals surface area contributed by atoms with E-state index in [1.807, 2.05) is 0 Å². The number of nitro benzene ring substituents is 2. The molecule has 0 aromatic heterocycles. The van der Waals surface area contributed by atoms with Crippen LogP contribution in [0.2, 0.25) is 0 Å². The van der Waals surface area contributed by atoms with Crippen molar-refractivity contribution in [1.29, 1.82) is 0 Å². The molecule has 112 valence electrons. The van der Waals surface area contributed by atoms with E-state index in [9.17, 15) is 20.2 Å². The molecular weight excluding hydrogens is 288 g/mol. The van der Waals surface area contributed by atoms with Gasteiger partial charge in [-0.2, -0.15) is 5.10 Å². The highest BCUT2D eigenvalue weighted by Crippen LogP contribution is 2.16. The van der Waals surface area contributed by atoms with Gasteiger partial charge in [-0.25, -0.2) is 0 Å². The van der Waals surface area contributed by atoms with Gasteiger partial charge >= 0.3 is 0 Å². The molecule has 0 aliphatic carbocycles. The van der Waals surface area contributed by atoms with Crippen LogP contribution in [0.1, 0.15) is 12.5 Å². The molecule has 0 atom stereocenters. The number of hydrogen-bond acceptors (Lipinski definition) is 6. The van der Waals surface area contributed by atoms with Crippen molar-refractivity contribution in [3.63, 3.8) is 0 Å². The number of benzene rings is 2. The Morgan fingerprint density at radius 2 is 1.36 bits per heavy atom. The van der Waals surface area contributed by atoms with Crippen molar-refractivity contribution in [3.05, 3.63) is 74.3 Å². The molecule has 0 unspecified atom stereocenters. The third kappa shape index (κ3) is 3.63. The van der Waals surface area contributed by atoms with Gasteiger partial charge in [0.25, 0.3) is 11.4 Å². The van der Waals surface area contributed by atoms with Crippen LogP contribution in [0.4, 0.5) is 17.1 Å². The molecule has 0 fully saturated rings. The third-order valence-electron chi connectivity index (χ3n) is 2.93. The highest BCUT2D eigenvalue weighted by Gasteiger charge is 2.06. The topological polar surface area (TPSA) is 111 Å². The molecule has 2 aromatic carbocycles. The van der Waals surface area contributed by atoms with E-state index in [0.29, 0.717) is 11.4 Å². The molecule has 22 heavy (non-hydrogen) atoms. The number of nitro groups is 2. The van der Waals surface area contributed by atoms with E-state index in [-0.39, 0.29) is 11.4 Å². The molecule has 0 saturated heterocycles. The van der Waals surface area contributed by atoms with Crippen molar-refractivity contribution in [2.75, 3.05) is 5.43 Å². The fourth-order valence-electron chi connectivity index (χ4n) is 1.69. The smallest absolute Gasteiger partial charge is 0.269 e. The van der Waals surface area contributed by atoms with Crippen molar-refractivity contribution < 1.29 is 9.85 Å². The van der Waals surface area contributed by atoms with E-state index in [0.717, 1.165) is 5.56 Å². The van der Waals surface area contributed by atoms with Crippen LogP contribution in [0.25, 0.3) is 0 Å². The maximum Gasteiger partial charge on any atom is 0.269 e. The fraction of sp³-hybridized carbons (Fsp3) is 0.0714. The lowest BCUT2D eigenvalue weighted by atomic mass is 10.1. The molecule has 8 heteroatoms. The zero-order valence-corrected chi connectivity index (χ0v) is 11.6. The first kappa shape index (κ1) is 15.1. The summed E-state index contributed by atoms with van der Waals surface area (Å²) in [5, 5.41) is 25.3. The Labute approximate surface area is 125 Å². The van der Waals surface area contributed by atoms with Crippen LogP contribution < -0.4 is 5.43 Å². The molecule has 0 radical (unpaired) electrons. The van der Waals surface area contributed by atoms with Gasteiger partial charge in [0, 0.05) is 24.3 Å². The normalized spacial score (nSPS) is 11.0. The molecule has 0 spiro atoms. The molecule has 0 aliphatic rings. The lowest BCUT2D eigenvalue weighted by Crippen LogP contribution is -2.00. The zero-order chi connectivity index (χ0) is 16.1. The minimum Gasteiger partial charge on any atom is -0.278 e. The Kier molecular flexibility index (Phi) is 4.42. The fourth-order valence-corrected chi connectivity index (χ4v) is 1.69. The van der Waals surface area contributed by atoms with Gasteiger partial charge in [0.2, 0.25) is 0 Å². The highest BCUT2D eigenvalue weighted by molar-refractivity contribution is 5.99. The molecule has 1 N–H and O–H groups in total. The van der Waals surface area contributed by atoms with Crippen LogP contribution in [0.5, 0.6) is 0 Å². The van der Waals surface area contributed by atoms with Crippen molar-refractivity contribution in [1.82, 2.24) is 0 Å². The van der Waals surface area contributed by atoms with Gasteiger partial charge in [-0.1, -0.05) is 0 Å². The zero-order valence-electron chi connectivity index (χ0n) is 11.6. The summed E-state index contributed by atoms with van der Waals surface area (Å²) in [5.41, 5.74) is 4.77. The molecule has 2 aromatic rings. The molecular formula is C14H12N4O4. The molecule has 0 bridgehead atoms. The van der Waals surface area contributed by atoms with Crippen molar-refractivity contribution >= 4 is 22.8 Å². The number of non-ortho nitro benzene ring substituents is 2. The second-order valence-electron chi connectivity index (χ2n) is 4.42. The lowest BCUT2D eigenvalue weighted by molar-refractivity contribution is -0.385. The Morgan fingerprint density at radius 3 is 1.82 bits per heavy atom. The van der Waals surface area contributed by atoms with Gasteiger partial charge in [0.15, 0.2) is 0 Å². The van der Waals surface area contributed by atoms with Gasteiger partial charge < -0.3 is 0 Å². The number of hydrazone groups is 1. The SMILES string of the molecule is C/C(=N/Nc1ccc([N+](=O)[O-])cc1)c1ccc([N+](=O)[O-])cc1. The largest absolute Gasteiger partial charge is 0.278 e. The summed E-state index contributed by atoms with van der Waals surface area (Å²) in [6, 6.07) is 11.9. The molecule has 0 amide bonds. The number of nitrogens with zero attached hydrogens (tertiary/aromatic N) is 3. The number of hydrogen-bond donors (Lipinski definition) is 1. The average molecular weight is 300 g/mol. The summed E-state index contributed by atoms with van der Waals surface area (Å²) >= 11 is 0. The molecule has 8 nitrogen and oxygen atoms in total. The first-order chi connectivity index (χ1) is 10.5. The standard InChI is InChI=1S/C14H12N4O4/c1-10(11-2-6-13(7-3-11)17(19)20)15-16-12-4-8-14(9-5-12)18(21)22/h2-9,16H,1H3/b15-10-. The monoisotopic (exact) mass is 300 g/mol. The summed E-state index contributed by atoms with van der Waals surface area (Å²) in [7, 11) is 0.